The predicted octanol–water partition coefficient (Wildman–Crippen LogP) is 3.31. The second-order valence-corrected chi connectivity index (χ2v) is 6.32. The summed E-state index contributed by atoms with van der Waals surface area (Å²) in [4.78, 5) is 22.9. The fraction of sp³-hybridized carbons (Fsp3) is 0.222. The molecule has 108 valence electrons. The van der Waals surface area contributed by atoms with Gasteiger partial charge in [-0.25, -0.2) is 4.79 Å². The summed E-state index contributed by atoms with van der Waals surface area (Å²) in [5, 5.41) is 10.5. The Morgan fingerprint density at radius 2 is 2.15 bits per heavy atom. The lowest BCUT2D eigenvalue weighted by molar-refractivity contribution is -0.384. The molecule has 11 heteroatoms. The highest BCUT2D eigenvalue weighted by Gasteiger charge is 2.39. The molecule has 7 nitrogen and oxygen atoms in total. The molecule has 0 aliphatic carbocycles. The topological polar surface area (TPSA) is 69.9 Å². The maximum absolute atomic E-state index is 13.6. The molecule has 0 spiro atoms. The molecule has 2 rings (SSSR count). The van der Waals surface area contributed by atoms with Gasteiger partial charge in [-0.05, 0) is 18.0 Å². The summed E-state index contributed by atoms with van der Waals surface area (Å²) in [5.74, 6) is 0. The van der Waals surface area contributed by atoms with Crippen molar-refractivity contribution in [2.75, 3.05) is 11.6 Å². The zero-order valence-electron chi connectivity index (χ0n) is 9.65. The van der Waals surface area contributed by atoms with Crippen LogP contribution < -0.4 is 4.90 Å². The Labute approximate surface area is 127 Å². The minimum atomic E-state index is -0.980. The highest BCUT2D eigenvalue weighted by molar-refractivity contribution is 8.00. The molecule has 2 amide bonds. The first-order valence-electron chi connectivity index (χ1n) is 5.14. The van der Waals surface area contributed by atoms with Gasteiger partial charge in [-0.2, -0.15) is 0 Å². The molecule has 0 N–H and O–H groups in total. The molecule has 0 unspecified atom stereocenters. The van der Waals surface area contributed by atoms with E-state index in [2.05, 4.69) is 0 Å². The van der Waals surface area contributed by atoms with E-state index < -0.39 is 15.1 Å². The molecule has 0 saturated carbocycles. The van der Waals surface area contributed by atoms with E-state index in [-0.39, 0.29) is 23.3 Å². The van der Waals surface area contributed by atoms with Crippen LogP contribution in [0.5, 0.6) is 0 Å². The summed E-state index contributed by atoms with van der Waals surface area (Å²) in [5.41, 5.74) is 0.00928. The smallest absolute Gasteiger partial charge is 0.275 e. The van der Waals surface area contributed by atoms with Crippen molar-refractivity contribution >= 4 is 52.6 Å². The monoisotopic (exact) mass is 340 g/mol. The van der Waals surface area contributed by atoms with E-state index in [0.29, 0.717) is 11.9 Å². The summed E-state index contributed by atoms with van der Waals surface area (Å²) in [6, 6.07) is 4.35. The fourth-order valence-electron chi connectivity index (χ4n) is 1.57. The largest absolute Gasteiger partial charge is 0.370 e. The van der Waals surface area contributed by atoms with Gasteiger partial charge in [0.25, 0.3) is 5.69 Å². The van der Waals surface area contributed by atoms with Crippen molar-refractivity contribution in [1.29, 1.82) is 0 Å². The number of hydrogen-bond acceptors (Lipinski definition) is 5. The maximum atomic E-state index is 13.6. The second kappa shape index (κ2) is 6.00. The van der Waals surface area contributed by atoms with Gasteiger partial charge in [-0.1, -0.05) is 39.0 Å². The summed E-state index contributed by atoms with van der Waals surface area (Å²) in [6.45, 7) is -0.170. The highest BCUT2D eigenvalue weighted by Crippen LogP contribution is 2.33. The lowest BCUT2D eigenvalue weighted by atomic mass is 10.2. The number of rotatable bonds is 4. The van der Waals surface area contributed by atoms with Crippen molar-refractivity contribution in [2.45, 2.75) is 4.17 Å². The SMILES string of the molecule is O=C1N(c2cccc([N+](=O)[O-])c2)CN(SC(Cl)Cl)N1F. The summed E-state index contributed by atoms with van der Waals surface area (Å²) in [7, 11) is 0. The van der Waals surface area contributed by atoms with E-state index in [9.17, 15) is 19.4 Å². The Kier molecular flexibility index (Phi) is 4.53. The number of hydrogen-bond donors (Lipinski definition) is 0. The van der Waals surface area contributed by atoms with Crippen LogP contribution in [0.25, 0.3) is 0 Å². The number of carbonyl (C=O) groups excluding carboxylic acids is 1. The normalized spacial score (nSPS) is 16.3. The zero-order chi connectivity index (χ0) is 14.9. The van der Waals surface area contributed by atoms with Crippen LogP contribution in [0.2, 0.25) is 0 Å². The Morgan fingerprint density at radius 1 is 1.45 bits per heavy atom. The van der Waals surface area contributed by atoms with Gasteiger partial charge in [0, 0.05) is 12.1 Å². The number of benzene rings is 1. The number of nitro groups is 1. The van der Waals surface area contributed by atoms with E-state index >= 15 is 0 Å². The molecule has 1 aliphatic heterocycles. The van der Waals surface area contributed by atoms with Crippen LogP contribution in [0.4, 0.5) is 20.7 Å². The zero-order valence-corrected chi connectivity index (χ0v) is 12.0. The van der Waals surface area contributed by atoms with Gasteiger partial charge in [-0.3, -0.25) is 15.0 Å². The lowest BCUT2D eigenvalue weighted by Crippen LogP contribution is -2.28. The van der Waals surface area contributed by atoms with Crippen molar-refractivity contribution < 1.29 is 14.2 Å². The first-order chi connectivity index (χ1) is 9.40. The Balaban J connectivity index is 2.23. The average molecular weight is 341 g/mol. The molecule has 20 heavy (non-hydrogen) atoms. The number of halogens is 3. The third-order valence-electron chi connectivity index (χ3n) is 2.40. The molecule has 0 aromatic heterocycles. The number of carbonyl (C=O) groups is 1. The van der Waals surface area contributed by atoms with Gasteiger partial charge in [0.15, 0.2) is 4.17 Å². The Bertz CT molecular complexity index is 550. The van der Waals surface area contributed by atoms with Crippen LogP contribution in [-0.2, 0) is 0 Å². The molecule has 1 heterocycles. The van der Waals surface area contributed by atoms with Crippen LogP contribution in [0.15, 0.2) is 24.3 Å². The van der Waals surface area contributed by atoms with E-state index in [0.717, 1.165) is 9.31 Å². The standard InChI is InChI=1S/C9H7Cl2FN4O3S/c10-8(11)20-14-5-13(9(17)15(14)12)6-2-1-3-7(4-6)16(18)19/h1-4,8H,5H2. The molecular formula is C9H7Cl2FN4O3S. The van der Waals surface area contributed by atoms with Gasteiger partial charge in [0.05, 0.1) is 10.6 Å². The Morgan fingerprint density at radius 3 is 2.75 bits per heavy atom. The molecule has 1 aliphatic rings. The van der Waals surface area contributed by atoms with E-state index in [4.69, 9.17) is 23.2 Å². The molecule has 1 saturated heterocycles. The first-order valence-corrected chi connectivity index (χ1v) is 6.85. The Hall–Kier alpha value is -1.29. The van der Waals surface area contributed by atoms with E-state index in [1.54, 1.807) is 0 Å². The quantitative estimate of drug-likeness (QED) is 0.276. The second-order valence-electron chi connectivity index (χ2n) is 3.61. The van der Waals surface area contributed by atoms with Crippen molar-refractivity contribution in [3.05, 3.63) is 34.4 Å². The first kappa shape index (κ1) is 15.1. The average Bonchev–Trinajstić information content (AvgIpc) is 2.67. The van der Waals surface area contributed by atoms with Gasteiger partial charge in [0.1, 0.15) is 6.67 Å². The van der Waals surface area contributed by atoms with Crippen LogP contribution in [0.3, 0.4) is 0 Å². The highest BCUT2D eigenvalue weighted by atomic mass is 35.5. The van der Waals surface area contributed by atoms with Crippen LogP contribution in [-0.4, -0.2) is 31.4 Å². The lowest BCUT2D eigenvalue weighted by Gasteiger charge is -2.15. The number of amides is 2. The fourth-order valence-corrected chi connectivity index (χ4v) is 2.64. The molecule has 1 aromatic rings. The minimum Gasteiger partial charge on any atom is -0.275 e. The van der Waals surface area contributed by atoms with Crippen molar-refractivity contribution in [3.63, 3.8) is 0 Å². The van der Waals surface area contributed by atoms with Gasteiger partial charge in [-0.15, -0.1) is 4.41 Å². The third-order valence-corrected chi connectivity index (χ3v) is 3.54. The van der Waals surface area contributed by atoms with Gasteiger partial charge in [0.2, 0.25) is 0 Å². The summed E-state index contributed by atoms with van der Waals surface area (Å²) in [6.07, 6.45) is 0. The number of urea groups is 1. The van der Waals surface area contributed by atoms with Crippen molar-refractivity contribution in [1.82, 2.24) is 9.65 Å². The number of anilines is 1. The third kappa shape index (κ3) is 3.06. The maximum Gasteiger partial charge on any atom is 0.370 e. The summed E-state index contributed by atoms with van der Waals surface area (Å²) >= 11 is 11.7. The van der Waals surface area contributed by atoms with Crippen molar-refractivity contribution in [2.24, 2.45) is 0 Å². The molecular weight excluding hydrogens is 334 g/mol. The van der Waals surface area contributed by atoms with Crippen LogP contribution in [0, 0.1) is 10.1 Å². The number of hydrazine groups is 1. The molecule has 0 atom stereocenters. The number of alkyl halides is 2. The van der Waals surface area contributed by atoms with Crippen LogP contribution in [0.1, 0.15) is 0 Å². The molecule has 0 radical (unpaired) electrons. The van der Waals surface area contributed by atoms with Gasteiger partial charge < -0.3 is 0 Å². The molecule has 0 bridgehead atoms. The number of nitro benzene ring substituents is 1. The van der Waals surface area contributed by atoms with Crippen LogP contribution >= 0.6 is 35.1 Å². The minimum absolute atomic E-state index is 0.152. The van der Waals surface area contributed by atoms with Gasteiger partial charge >= 0.3 is 6.03 Å². The molecule has 1 fully saturated rings. The predicted molar refractivity (Wildman–Crippen MR) is 73.7 cm³/mol. The number of non-ortho nitro benzene ring substituents is 1. The molecule has 1 aromatic carbocycles. The summed E-state index contributed by atoms with van der Waals surface area (Å²) < 4.78 is 13.6. The van der Waals surface area contributed by atoms with E-state index in [1.807, 2.05) is 0 Å². The van der Waals surface area contributed by atoms with E-state index in [1.165, 1.54) is 24.3 Å². The number of nitrogens with zero attached hydrogens (tertiary/aromatic N) is 4. The van der Waals surface area contributed by atoms with Crippen molar-refractivity contribution in [3.8, 4) is 0 Å².